The summed E-state index contributed by atoms with van der Waals surface area (Å²) in [4.78, 5) is 21.9. The molecule has 0 amide bonds. The smallest absolute Gasteiger partial charge is 0.263 e. The average Bonchev–Trinajstić information content (AvgIpc) is 3.68. The molecule has 2 heterocycles. The van der Waals surface area contributed by atoms with Crippen molar-refractivity contribution in [2.24, 2.45) is 5.92 Å². The van der Waals surface area contributed by atoms with Crippen LogP contribution in [0.1, 0.15) is 59.6 Å². The number of pyridine rings is 1. The first-order valence-electron chi connectivity index (χ1n) is 12.2. The highest BCUT2D eigenvalue weighted by Gasteiger charge is 2.32. The van der Waals surface area contributed by atoms with E-state index < -0.39 is 6.43 Å². The van der Waals surface area contributed by atoms with Gasteiger partial charge in [0.25, 0.3) is 6.43 Å². The highest BCUT2D eigenvalue weighted by atomic mass is 19.3. The van der Waals surface area contributed by atoms with Gasteiger partial charge in [0.1, 0.15) is 0 Å². The van der Waals surface area contributed by atoms with Gasteiger partial charge in [0.2, 0.25) is 0 Å². The zero-order valence-electron chi connectivity index (χ0n) is 19.8. The fourth-order valence-electron chi connectivity index (χ4n) is 5.26. The lowest BCUT2D eigenvalue weighted by Gasteiger charge is -2.36. The number of carbonyl (C=O) groups is 1. The van der Waals surface area contributed by atoms with Crippen molar-refractivity contribution in [1.29, 1.82) is 0 Å². The van der Waals surface area contributed by atoms with Crippen molar-refractivity contribution in [1.82, 2.24) is 9.88 Å². The Bertz CT molecular complexity index is 1180. The lowest BCUT2D eigenvalue weighted by Crippen LogP contribution is -2.37. The van der Waals surface area contributed by atoms with Crippen molar-refractivity contribution in [3.05, 3.63) is 59.3 Å². The van der Waals surface area contributed by atoms with E-state index >= 15 is 0 Å². The summed E-state index contributed by atoms with van der Waals surface area (Å²) in [7, 11) is 4.23. The molecule has 2 aliphatic rings. The molecule has 6 heteroatoms. The maximum Gasteiger partial charge on any atom is 0.263 e. The minimum Gasteiger partial charge on any atom is -0.370 e. The van der Waals surface area contributed by atoms with Gasteiger partial charge in [0.15, 0.2) is 6.29 Å². The van der Waals surface area contributed by atoms with E-state index in [2.05, 4.69) is 30.0 Å². The Labute approximate surface area is 199 Å². The van der Waals surface area contributed by atoms with E-state index in [4.69, 9.17) is 4.98 Å². The monoisotopic (exact) mass is 463 g/mol. The molecule has 0 atom stereocenters. The Kier molecular flexibility index (Phi) is 6.34. The summed E-state index contributed by atoms with van der Waals surface area (Å²) in [5.41, 5.74) is 5.39. The van der Waals surface area contributed by atoms with Gasteiger partial charge in [-0.25, -0.2) is 8.78 Å². The maximum atomic E-state index is 13.0. The maximum absolute atomic E-state index is 13.0. The predicted molar refractivity (Wildman–Crippen MR) is 133 cm³/mol. The van der Waals surface area contributed by atoms with Gasteiger partial charge in [-0.05, 0) is 69.0 Å². The Morgan fingerprint density at radius 1 is 1.03 bits per heavy atom. The van der Waals surface area contributed by atoms with Crippen molar-refractivity contribution < 1.29 is 13.6 Å². The van der Waals surface area contributed by atoms with Crippen molar-refractivity contribution in [2.45, 2.75) is 38.0 Å². The normalized spacial score (nSPS) is 17.2. The van der Waals surface area contributed by atoms with Crippen LogP contribution in [0.4, 0.5) is 14.5 Å². The topological polar surface area (TPSA) is 36.4 Å². The molecule has 1 aromatic heterocycles. The molecular weight excluding hydrogens is 432 g/mol. The largest absolute Gasteiger partial charge is 0.370 e. The van der Waals surface area contributed by atoms with Gasteiger partial charge in [-0.1, -0.05) is 30.3 Å². The summed E-state index contributed by atoms with van der Waals surface area (Å²) in [6, 6.07) is 12.5. The summed E-state index contributed by atoms with van der Waals surface area (Å²) in [5, 5.41) is 0.966. The number of anilines is 1. The first-order valence-corrected chi connectivity index (χ1v) is 12.2. The number of rotatable bonds is 7. The van der Waals surface area contributed by atoms with E-state index in [-0.39, 0.29) is 5.56 Å². The van der Waals surface area contributed by atoms with Crippen molar-refractivity contribution in [3.8, 4) is 11.1 Å². The number of alkyl halides is 2. The number of fused-ring (bicyclic) bond motifs is 1. The van der Waals surface area contributed by atoms with Gasteiger partial charge in [0, 0.05) is 36.5 Å². The molecule has 2 fully saturated rings. The molecule has 1 aliphatic heterocycles. The number of benzene rings is 2. The van der Waals surface area contributed by atoms with E-state index in [1.54, 1.807) is 12.1 Å². The van der Waals surface area contributed by atoms with E-state index in [1.807, 2.05) is 12.1 Å². The molecule has 1 saturated heterocycles. The number of aldehydes is 1. The standard InChI is InChI=1S/C28H31F2N3O/c1-32(2)16-18-11-13-33(14-12-18)27-23-15-22(19-3-7-21(8-4-19)28(29)30)9-10-25(23)31-26(20-5-6-20)24(27)17-34/h3-4,7-10,15,17-18,20,28H,5-6,11-14,16H2,1-2H3. The summed E-state index contributed by atoms with van der Waals surface area (Å²) < 4.78 is 26.0. The number of hydrogen-bond acceptors (Lipinski definition) is 4. The van der Waals surface area contributed by atoms with Crippen molar-refractivity contribution in [3.63, 3.8) is 0 Å². The Hall–Kier alpha value is -2.86. The van der Waals surface area contributed by atoms with E-state index in [1.165, 1.54) is 12.1 Å². The highest BCUT2D eigenvalue weighted by molar-refractivity contribution is 6.03. The first-order chi connectivity index (χ1) is 16.4. The van der Waals surface area contributed by atoms with Crippen LogP contribution >= 0.6 is 0 Å². The second kappa shape index (κ2) is 9.41. The molecule has 4 nitrogen and oxygen atoms in total. The molecular formula is C28H31F2N3O. The van der Waals surface area contributed by atoms with Crippen LogP contribution < -0.4 is 4.90 Å². The van der Waals surface area contributed by atoms with E-state index in [0.29, 0.717) is 11.8 Å². The van der Waals surface area contributed by atoms with Gasteiger partial charge in [-0.2, -0.15) is 0 Å². The third-order valence-corrected chi connectivity index (χ3v) is 7.16. The lowest BCUT2D eigenvalue weighted by molar-refractivity contribution is 0.112. The van der Waals surface area contributed by atoms with Gasteiger partial charge >= 0.3 is 0 Å². The van der Waals surface area contributed by atoms with Crippen LogP contribution in [0.5, 0.6) is 0 Å². The van der Waals surface area contributed by atoms with Gasteiger partial charge in [-0.15, -0.1) is 0 Å². The molecule has 1 saturated carbocycles. The number of halogens is 2. The highest BCUT2D eigenvalue weighted by Crippen LogP contribution is 2.45. The number of piperidine rings is 1. The van der Waals surface area contributed by atoms with Crippen LogP contribution in [0.15, 0.2) is 42.5 Å². The predicted octanol–water partition coefficient (Wildman–Crippen LogP) is 6.31. The van der Waals surface area contributed by atoms with Crippen LogP contribution in [0.3, 0.4) is 0 Å². The quantitative estimate of drug-likeness (QED) is 0.385. The molecule has 34 heavy (non-hydrogen) atoms. The Morgan fingerprint density at radius 2 is 1.71 bits per heavy atom. The summed E-state index contributed by atoms with van der Waals surface area (Å²) in [6.45, 7) is 2.91. The van der Waals surface area contributed by atoms with Crippen LogP contribution in [0, 0.1) is 5.92 Å². The Balaban J connectivity index is 1.57. The molecule has 0 radical (unpaired) electrons. The molecule has 3 aromatic rings. The second-order valence-electron chi connectivity index (χ2n) is 10.00. The summed E-state index contributed by atoms with van der Waals surface area (Å²) >= 11 is 0. The number of carbonyl (C=O) groups excluding carboxylic acids is 1. The lowest BCUT2D eigenvalue weighted by atomic mass is 9.93. The minimum absolute atomic E-state index is 0.0183. The number of hydrogen-bond donors (Lipinski definition) is 0. The fourth-order valence-corrected chi connectivity index (χ4v) is 5.26. The molecule has 1 aliphatic carbocycles. The van der Waals surface area contributed by atoms with E-state index in [9.17, 15) is 13.6 Å². The van der Waals surface area contributed by atoms with Crippen LogP contribution in [0.2, 0.25) is 0 Å². The molecule has 5 rings (SSSR count). The molecule has 0 bridgehead atoms. The van der Waals surface area contributed by atoms with Crippen LogP contribution in [-0.2, 0) is 0 Å². The molecule has 0 N–H and O–H groups in total. The second-order valence-corrected chi connectivity index (χ2v) is 10.00. The average molecular weight is 464 g/mol. The molecule has 178 valence electrons. The van der Waals surface area contributed by atoms with Crippen molar-refractivity contribution in [2.75, 3.05) is 38.6 Å². The van der Waals surface area contributed by atoms with Crippen molar-refractivity contribution >= 4 is 22.9 Å². The van der Waals surface area contributed by atoms with Crippen LogP contribution in [0.25, 0.3) is 22.0 Å². The summed E-state index contributed by atoms with van der Waals surface area (Å²) in [5.74, 6) is 1.03. The van der Waals surface area contributed by atoms with Gasteiger partial charge in [-0.3, -0.25) is 9.78 Å². The third-order valence-electron chi connectivity index (χ3n) is 7.16. The van der Waals surface area contributed by atoms with Gasteiger partial charge in [0.05, 0.1) is 22.5 Å². The molecule has 2 aromatic carbocycles. The fraction of sp³-hybridized carbons (Fsp3) is 0.429. The third kappa shape index (κ3) is 4.56. The zero-order valence-corrected chi connectivity index (χ0v) is 19.8. The number of nitrogens with zero attached hydrogens (tertiary/aromatic N) is 3. The SMILES string of the molecule is CN(C)CC1CCN(c2c(C=O)c(C3CC3)nc3ccc(-c4ccc(C(F)F)cc4)cc23)CC1. The summed E-state index contributed by atoms with van der Waals surface area (Å²) in [6.07, 6.45) is 2.86. The minimum atomic E-state index is -2.48. The zero-order chi connectivity index (χ0) is 23.8. The molecule has 0 unspecified atom stereocenters. The first kappa shape index (κ1) is 22.9. The Morgan fingerprint density at radius 3 is 2.29 bits per heavy atom. The number of aromatic nitrogens is 1. The molecule has 0 spiro atoms. The van der Waals surface area contributed by atoms with Crippen LogP contribution in [-0.4, -0.2) is 49.9 Å². The van der Waals surface area contributed by atoms with E-state index in [0.717, 1.165) is 90.6 Å². The van der Waals surface area contributed by atoms with Gasteiger partial charge < -0.3 is 9.80 Å².